The lowest BCUT2D eigenvalue weighted by molar-refractivity contribution is 0.0660. The summed E-state index contributed by atoms with van der Waals surface area (Å²) in [6, 6.07) is 3.11. The summed E-state index contributed by atoms with van der Waals surface area (Å²) >= 11 is 0. The third kappa shape index (κ3) is 2.49. The van der Waals surface area contributed by atoms with Crippen LogP contribution in [0.15, 0.2) is 22.9 Å². The molecule has 2 heterocycles. The average Bonchev–Trinajstić information content (AvgIpc) is 2.94. The maximum absolute atomic E-state index is 10.7. The first-order chi connectivity index (χ1) is 9.74. The summed E-state index contributed by atoms with van der Waals surface area (Å²) in [4.78, 5) is 19.3. The highest BCUT2D eigenvalue weighted by atomic mass is 16.4. The lowest BCUT2D eigenvalue weighted by atomic mass is 9.96. The van der Waals surface area contributed by atoms with Gasteiger partial charge in [0.1, 0.15) is 17.9 Å². The van der Waals surface area contributed by atoms with Gasteiger partial charge in [0.25, 0.3) is 0 Å². The third-order valence-corrected chi connectivity index (χ3v) is 3.43. The van der Waals surface area contributed by atoms with Gasteiger partial charge in [-0.25, -0.2) is 14.8 Å². The van der Waals surface area contributed by atoms with Gasteiger partial charge < -0.3 is 14.8 Å². The molecule has 20 heavy (non-hydrogen) atoms. The Kier molecular flexibility index (Phi) is 3.37. The highest BCUT2D eigenvalue weighted by molar-refractivity contribution is 5.84. The number of hydrogen-bond donors (Lipinski definition) is 2. The second-order valence-electron chi connectivity index (χ2n) is 4.78. The van der Waals surface area contributed by atoms with E-state index < -0.39 is 5.97 Å². The Hall–Kier alpha value is -2.37. The van der Waals surface area contributed by atoms with E-state index in [9.17, 15) is 4.79 Å². The average molecular weight is 273 g/mol. The molecular formula is C14H15N3O3. The maximum atomic E-state index is 10.7. The van der Waals surface area contributed by atoms with Crippen LogP contribution in [0, 0.1) is 0 Å². The molecule has 0 amide bonds. The minimum Gasteiger partial charge on any atom is -0.475 e. The van der Waals surface area contributed by atoms with Crippen molar-refractivity contribution in [2.24, 2.45) is 0 Å². The van der Waals surface area contributed by atoms with Gasteiger partial charge in [0.2, 0.25) is 5.76 Å². The molecule has 2 aromatic rings. The Bertz CT molecular complexity index is 636. The summed E-state index contributed by atoms with van der Waals surface area (Å²) < 4.78 is 5.21. The molecular weight excluding hydrogens is 258 g/mol. The predicted octanol–water partition coefficient (Wildman–Crippen LogP) is 2.26. The predicted molar refractivity (Wildman–Crippen MR) is 71.7 cm³/mol. The van der Waals surface area contributed by atoms with Gasteiger partial charge in [-0.05, 0) is 37.8 Å². The van der Waals surface area contributed by atoms with E-state index in [1.54, 1.807) is 12.4 Å². The van der Waals surface area contributed by atoms with Crippen molar-refractivity contribution in [2.45, 2.75) is 32.2 Å². The van der Waals surface area contributed by atoms with Crippen molar-refractivity contribution < 1.29 is 14.3 Å². The van der Waals surface area contributed by atoms with Crippen LogP contribution in [0.5, 0.6) is 0 Å². The molecule has 104 valence electrons. The van der Waals surface area contributed by atoms with E-state index in [2.05, 4.69) is 15.3 Å². The van der Waals surface area contributed by atoms with Gasteiger partial charge in [0.05, 0.1) is 6.54 Å². The summed E-state index contributed by atoms with van der Waals surface area (Å²) in [6.45, 7) is 0.413. The quantitative estimate of drug-likeness (QED) is 0.888. The van der Waals surface area contributed by atoms with Crippen LogP contribution < -0.4 is 5.32 Å². The molecule has 0 spiro atoms. The van der Waals surface area contributed by atoms with E-state index in [-0.39, 0.29) is 5.76 Å². The Balaban J connectivity index is 1.73. The molecule has 2 aromatic heterocycles. The lowest BCUT2D eigenvalue weighted by Crippen LogP contribution is -2.11. The first-order valence-electron chi connectivity index (χ1n) is 6.62. The van der Waals surface area contributed by atoms with Crippen molar-refractivity contribution in [2.75, 3.05) is 5.32 Å². The van der Waals surface area contributed by atoms with Crippen molar-refractivity contribution in [3.8, 4) is 0 Å². The number of nitrogens with one attached hydrogen (secondary N) is 1. The molecule has 0 fully saturated rings. The van der Waals surface area contributed by atoms with Crippen molar-refractivity contribution in [1.29, 1.82) is 0 Å². The SMILES string of the molecule is O=C(O)c1ccc(CNc2ncnc3c2CCCC3)o1. The number of nitrogens with zero attached hydrogens (tertiary/aromatic N) is 2. The van der Waals surface area contributed by atoms with Gasteiger partial charge in [-0.2, -0.15) is 0 Å². The van der Waals surface area contributed by atoms with Gasteiger partial charge in [-0.15, -0.1) is 0 Å². The zero-order valence-corrected chi connectivity index (χ0v) is 10.9. The fourth-order valence-corrected chi connectivity index (χ4v) is 2.43. The van der Waals surface area contributed by atoms with Gasteiger partial charge in [-0.1, -0.05) is 0 Å². The highest BCUT2D eigenvalue weighted by Crippen LogP contribution is 2.24. The van der Waals surface area contributed by atoms with Crippen molar-refractivity contribution >= 4 is 11.8 Å². The number of carboxylic acids is 1. The Morgan fingerprint density at radius 1 is 1.30 bits per heavy atom. The molecule has 0 unspecified atom stereocenters. The fraction of sp³-hybridized carbons (Fsp3) is 0.357. The van der Waals surface area contributed by atoms with E-state index in [1.165, 1.54) is 18.1 Å². The zero-order chi connectivity index (χ0) is 13.9. The number of fused-ring (bicyclic) bond motifs is 1. The maximum Gasteiger partial charge on any atom is 0.371 e. The molecule has 6 heteroatoms. The van der Waals surface area contributed by atoms with Gasteiger partial charge >= 0.3 is 5.97 Å². The van der Waals surface area contributed by atoms with E-state index >= 15 is 0 Å². The molecule has 0 aromatic carbocycles. The molecule has 1 aliphatic rings. The lowest BCUT2D eigenvalue weighted by Gasteiger charge is -2.17. The van der Waals surface area contributed by atoms with Crippen LogP contribution in [0.2, 0.25) is 0 Å². The molecule has 0 bridgehead atoms. The number of aromatic nitrogens is 2. The standard InChI is InChI=1S/C14H15N3O3/c18-14(19)12-6-5-9(20-12)7-15-13-10-3-1-2-4-11(10)16-8-17-13/h5-6,8H,1-4,7H2,(H,18,19)(H,15,16,17). The molecule has 2 N–H and O–H groups in total. The van der Waals surface area contributed by atoms with E-state index in [0.29, 0.717) is 12.3 Å². The van der Waals surface area contributed by atoms with Gasteiger partial charge in [-0.3, -0.25) is 0 Å². The number of aryl methyl sites for hydroxylation is 1. The monoisotopic (exact) mass is 273 g/mol. The summed E-state index contributed by atoms with van der Waals surface area (Å²) in [7, 11) is 0. The summed E-state index contributed by atoms with van der Waals surface area (Å²) in [5, 5.41) is 12.0. The topological polar surface area (TPSA) is 88.2 Å². The summed E-state index contributed by atoms with van der Waals surface area (Å²) in [5.41, 5.74) is 2.28. The van der Waals surface area contributed by atoms with Gasteiger partial charge in [0.15, 0.2) is 0 Å². The highest BCUT2D eigenvalue weighted by Gasteiger charge is 2.15. The molecule has 0 saturated heterocycles. The van der Waals surface area contributed by atoms with E-state index in [1.807, 2.05) is 0 Å². The van der Waals surface area contributed by atoms with E-state index in [4.69, 9.17) is 9.52 Å². The minimum atomic E-state index is -1.06. The van der Waals surface area contributed by atoms with Crippen LogP contribution in [-0.2, 0) is 19.4 Å². The molecule has 1 aliphatic carbocycles. The Morgan fingerprint density at radius 3 is 2.95 bits per heavy atom. The summed E-state index contributed by atoms with van der Waals surface area (Å²) in [6.07, 6.45) is 5.87. The van der Waals surface area contributed by atoms with Crippen LogP contribution >= 0.6 is 0 Å². The van der Waals surface area contributed by atoms with Crippen molar-refractivity contribution in [3.63, 3.8) is 0 Å². The Labute approximate surface area is 115 Å². The van der Waals surface area contributed by atoms with Crippen LogP contribution in [0.25, 0.3) is 0 Å². The first kappa shape index (κ1) is 12.7. The second-order valence-corrected chi connectivity index (χ2v) is 4.78. The summed E-state index contributed by atoms with van der Waals surface area (Å²) in [5.74, 6) is 0.288. The van der Waals surface area contributed by atoms with Crippen LogP contribution in [0.3, 0.4) is 0 Å². The fourth-order valence-electron chi connectivity index (χ4n) is 2.43. The number of furan rings is 1. The molecule has 6 nitrogen and oxygen atoms in total. The Morgan fingerprint density at radius 2 is 2.15 bits per heavy atom. The van der Waals surface area contributed by atoms with Crippen molar-refractivity contribution in [1.82, 2.24) is 9.97 Å². The largest absolute Gasteiger partial charge is 0.475 e. The van der Waals surface area contributed by atoms with Gasteiger partial charge in [0, 0.05) is 11.3 Å². The van der Waals surface area contributed by atoms with Crippen LogP contribution in [0.4, 0.5) is 5.82 Å². The number of anilines is 1. The minimum absolute atomic E-state index is 0.0495. The van der Waals surface area contributed by atoms with Crippen LogP contribution in [0.1, 0.15) is 40.4 Å². The first-order valence-corrected chi connectivity index (χ1v) is 6.62. The number of aromatic carboxylic acids is 1. The molecule has 0 radical (unpaired) electrons. The number of rotatable bonds is 4. The molecule has 0 saturated carbocycles. The smallest absolute Gasteiger partial charge is 0.371 e. The second kappa shape index (κ2) is 5.32. The van der Waals surface area contributed by atoms with Crippen LogP contribution in [-0.4, -0.2) is 21.0 Å². The zero-order valence-electron chi connectivity index (χ0n) is 10.9. The number of hydrogen-bond acceptors (Lipinski definition) is 5. The number of carbonyl (C=O) groups is 1. The molecule has 0 aliphatic heterocycles. The third-order valence-electron chi connectivity index (χ3n) is 3.43. The number of carboxylic acid groups (broad SMARTS) is 1. The molecule has 0 atom stereocenters. The molecule has 3 rings (SSSR count). The van der Waals surface area contributed by atoms with E-state index in [0.717, 1.165) is 30.8 Å². The normalized spacial score (nSPS) is 13.8. The van der Waals surface area contributed by atoms with Crippen molar-refractivity contribution in [3.05, 3.63) is 41.2 Å².